The SMILES string of the molecule is Cc1[nH]ncc1S(=O)(=O)NCCOC1CCNCC1. The van der Waals surface area contributed by atoms with Crippen molar-refractivity contribution in [3.05, 3.63) is 11.9 Å². The maximum absolute atomic E-state index is 11.9. The number of piperidine rings is 1. The highest BCUT2D eigenvalue weighted by Gasteiger charge is 2.18. The van der Waals surface area contributed by atoms with Gasteiger partial charge in [0, 0.05) is 6.54 Å². The second-order valence-electron chi connectivity index (χ2n) is 4.58. The first-order valence-corrected chi connectivity index (χ1v) is 7.90. The number of sulfonamides is 1. The highest BCUT2D eigenvalue weighted by atomic mass is 32.2. The van der Waals surface area contributed by atoms with E-state index in [1.54, 1.807) is 6.92 Å². The third-order valence-electron chi connectivity index (χ3n) is 3.11. The summed E-state index contributed by atoms with van der Waals surface area (Å²) in [6.45, 7) is 4.26. The summed E-state index contributed by atoms with van der Waals surface area (Å²) in [5.41, 5.74) is 0.534. The number of hydrogen-bond acceptors (Lipinski definition) is 5. The molecule has 8 heteroatoms. The highest BCUT2D eigenvalue weighted by molar-refractivity contribution is 7.89. The van der Waals surface area contributed by atoms with E-state index in [-0.39, 0.29) is 17.5 Å². The van der Waals surface area contributed by atoms with Crippen molar-refractivity contribution in [2.75, 3.05) is 26.2 Å². The third kappa shape index (κ3) is 4.00. The molecule has 1 saturated heterocycles. The molecule has 19 heavy (non-hydrogen) atoms. The molecule has 0 unspecified atom stereocenters. The summed E-state index contributed by atoms with van der Waals surface area (Å²) in [5.74, 6) is 0. The minimum absolute atomic E-state index is 0.189. The fourth-order valence-corrected chi connectivity index (χ4v) is 3.20. The summed E-state index contributed by atoms with van der Waals surface area (Å²) >= 11 is 0. The smallest absolute Gasteiger partial charge is 0.244 e. The van der Waals surface area contributed by atoms with Crippen LogP contribution in [0.5, 0.6) is 0 Å². The second kappa shape index (κ2) is 6.47. The van der Waals surface area contributed by atoms with Gasteiger partial charge in [0.15, 0.2) is 0 Å². The van der Waals surface area contributed by atoms with Gasteiger partial charge in [0.2, 0.25) is 10.0 Å². The molecular formula is C11H20N4O3S. The molecule has 0 aliphatic carbocycles. The van der Waals surface area contributed by atoms with Crippen molar-refractivity contribution in [1.29, 1.82) is 0 Å². The molecule has 1 aliphatic heterocycles. The van der Waals surface area contributed by atoms with Gasteiger partial charge < -0.3 is 10.1 Å². The summed E-state index contributed by atoms with van der Waals surface area (Å²) in [5, 5.41) is 9.57. The van der Waals surface area contributed by atoms with E-state index < -0.39 is 10.0 Å². The number of nitrogens with one attached hydrogen (secondary N) is 3. The molecule has 0 aromatic carbocycles. The normalized spacial score (nSPS) is 17.7. The summed E-state index contributed by atoms with van der Waals surface area (Å²) in [6.07, 6.45) is 3.51. The molecule has 108 valence electrons. The van der Waals surface area contributed by atoms with Crippen LogP contribution in [0.1, 0.15) is 18.5 Å². The maximum Gasteiger partial charge on any atom is 0.244 e. The monoisotopic (exact) mass is 288 g/mol. The molecule has 2 rings (SSSR count). The lowest BCUT2D eigenvalue weighted by Crippen LogP contribution is -2.34. The molecule has 3 N–H and O–H groups in total. The van der Waals surface area contributed by atoms with Crippen molar-refractivity contribution in [1.82, 2.24) is 20.2 Å². The van der Waals surface area contributed by atoms with Crippen LogP contribution in [0.3, 0.4) is 0 Å². The molecule has 0 radical (unpaired) electrons. The molecule has 0 saturated carbocycles. The Morgan fingerprint density at radius 3 is 2.84 bits per heavy atom. The molecular weight excluding hydrogens is 268 g/mol. The van der Waals surface area contributed by atoms with Gasteiger partial charge in [-0.1, -0.05) is 0 Å². The topological polar surface area (TPSA) is 96.1 Å². The number of hydrogen-bond donors (Lipinski definition) is 3. The Morgan fingerprint density at radius 2 is 2.21 bits per heavy atom. The van der Waals surface area contributed by atoms with Gasteiger partial charge in [0.1, 0.15) is 4.90 Å². The van der Waals surface area contributed by atoms with E-state index in [0.717, 1.165) is 25.9 Å². The Kier molecular flexibility index (Phi) is 4.92. The lowest BCUT2D eigenvalue weighted by atomic mass is 10.1. The molecule has 0 amide bonds. The second-order valence-corrected chi connectivity index (χ2v) is 6.31. The Bertz CT molecular complexity index is 494. The van der Waals surface area contributed by atoms with Crippen molar-refractivity contribution in [3.63, 3.8) is 0 Å². The van der Waals surface area contributed by atoms with E-state index in [1.165, 1.54) is 6.20 Å². The zero-order valence-corrected chi connectivity index (χ0v) is 11.8. The molecule has 0 bridgehead atoms. The average Bonchev–Trinajstić information content (AvgIpc) is 2.83. The van der Waals surface area contributed by atoms with Crippen LogP contribution in [-0.2, 0) is 14.8 Å². The van der Waals surface area contributed by atoms with Crippen LogP contribution >= 0.6 is 0 Å². The van der Waals surface area contributed by atoms with E-state index in [9.17, 15) is 8.42 Å². The van der Waals surface area contributed by atoms with Crippen LogP contribution in [0.4, 0.5) is 0 Å². The summed E-state index contributed by atoms with van der Waals surface area (Å²) in [6, 6.07) is 0. The number of aromatic nitrogens is 2. The summed E-state index contributed by atoms with van der Waals surface area (Å²) in [7, 11) is -3.49. The Labute approximate surface area is 113 Å². The number of ether oxygens (including phenoxy) is 1. The van der Waals surface area contributed by atoms with E-state index in [1.807, 2.05) is 0 Å². The number of aryl methyl sites for hydroxylation is 1. The standard InChI is InChI=1S/C11H20N4O3S/c1-9-11(8-13-15-9)19(16,17)14-6-7-18-10-2-4-12-5-3-10/h8,10,12,14H,2-7H2,1H3,(H,13,15). The van der Waals surface area contributed by atoms with Crippen LogP contribution in [-0.4, -0.2) is 51.0 Å². The predicted octanol–water partition coefficient (Wildman–Crippen LogP) is -0.235. The quantitative estimate of drug-likeness (QED) is 0.628. The zero-order valence-electron chi connectivity index (χ0n) is 11.0. The Morgan fingerprint density at radius 1 is 1.47 bits per heavy atom. The van der Waals surface area contributed by atoms with Crippen molar-refractivity contribution in [3.8, 4) is 0 Å². The van der Waals surface area contributed by atoms with E-state index in [4.69, 9.17) is 4.74 Å². The minimum atomic E-state index is -3.49. The number of nitrogens with zero attached hydrogens (tertiary/aromatic N) is 1. The van der Waals surface area contributed by atoms with Crippen LogP contribution in [0.15, 0.2) is 11.1 Å². The van der Waals surface area contributed by atoms with Gasteiger partial charge in [0.05, 0.1) is 24.6 Å². The van der Waals surface area contributed by atoms with Crippen LogP contribution in [0.2, 0.25) is 0 Å². The molecule has 1 aromatic rings. The van der Waals surface area contributed by atoms with Gasteiger partial charge in [-0.15, -0.1) is 0 Å². The maximum atomic E-state index is 11.9. The molecule has 2 heterocycles. The van der Waals surface area contributed by atoms with Gasteiger partial charge >= 0.3 is 0 Å². The first-order valence-electron chi connectivity index (χ1n) is 6.41. The Hall–Kier alpha value is -0.960. The highest BCUT2D eigenvalue weighted by Crippen LogP contribution is 2.10. The van der Waals surface area contributed by atoms with Crippen molar-refractivity contribution in [2.45, 2.75) is 30.8 Å². The van der Waals surface area contributed by atoms with E-state index in [0.29, 0.717) is 12.3 Å². The first-order chi connectivity index (χ1) is 9.09. The lowest BCUT2D eigenvalue weighted by Gasteiger charge is -2.22. The Balaban J connectivity index is 1.74. The van der Waals surface area contributed by atoms with Gasteiger partial charge in [-0.3, -0.25) is 5.10 Å². The van der Waals surface area contributed by atoms with E-state index >= 15 is 0 Å². The van der Waals surface area contributed by atoms with Crippen LogP contribution < -0.4 is 10.0 Å². The number of rotatable bonds is 6. The lowest BCUT2D eigenvalue weighted by molar-refractivity contribution is 0.0367. The molecule has 1 aromatic heterocycles. The molecule has 0 spiro atoms. The molecule has 1 aliphatic rings. The number of aromatic amines is 1. The van der Waals surface area contributed by atoms with Crippen molar-refractivity contribution >= 4 is 10.0 Å². The minimum Gasteiger partial charge on any atom is -0.377 e. The van der Waals surface area contributed by atoms with Crippen molar-refractivity contribution < 1.29 is 13.2 Å². The van der Waals surface area contributed by atoms with Gasteiger partial charge in [0.25, 0.3) is 0 Å². The largest absolute Gasteiger partial charge is 0.377 e. The number of H-pyrrole nitrogens is 1. The fraction of sp³-hybridized carbons (Fsp3) is 0.727. The van der Waals surface area contributed by atoms with Crippen LogP contribution in [0, 0.1) is 6.92 Å². The van der Waals surface area contributed by atoms with Crippen LogP contribution in [0.25, 0.3) is 0 Å². The fourth-order valence-electron chi connectivity index (χ4n) is 2.05. The molecule has 0 atom stereocenters. The summed E-state index contributed by atoms with van der Waals surface area (Å²) < 4.78 is 32.0. The average molecular weight is 288 g/mol. The van der Waals surface area contributed by atoms with Gasteiger partial charge in [-0.25, -0.2) is 13.1 Å². The predicted molar refractivity (Wildman–Crippen MR) is 70.4 cm³/mol. The first kappa shape index (κ1) is 14.4. The molecule has 1 fully saturated rings. The third-order valence-corrected chi connectivity index (χ3v) is 4.68. The van der Waals surface area contributed by atoms with E-state index in [2.05, 4.69) is 20.2 Å². The van der Waals surface area contributed by atoms with Gasteiger partial charge in [-0.2, -0.15) is 5.10 Å². The van der Waals surface area contributed by atoms with Gasteiger partial charge in [-0.05, 0) is 32.9 Å². The zero-order chi connectivity index (χ0) is 13.7. The molecule has 7 nitrogen and oxygen atoms in total. The summed E-state index contributed by atoms with van der Waals surface area (Å²) in [4.78, 5) is 0.189. The van der Waals surface area contributed by atoms with Crippen molar-refractivity contribution in [2.24, 2.45) is 0 Å².